The van der Waals surface area contributed by atoms with E-state index in [0.29, 0.717) is 18.5 Å². The summed E-state index contributed by atoms with van der Waals surface area (Å²) < 4.78 is 1.89. The second kappa shape index (κ2) is 6.70. The fraction of sp³-hybridized carbons (Fsp3) is 0.421. The summed E-state index contributed by atoms with van der Waals surface area (Å²) in [6, 6.07) is 9.00. The van der Waals surface area contributed by atoms with E-state index in [0.717, 1.165) is 17.6 Å². The van der Waals surface area contributed by atoms with Gasteiger partial charge in [-0.1, -0.05) is 12.1 Å². The van der Waals surface area contributed by atoms with Gasteiger partial charge in [0.25, 0.3) is 0 Å². The first-order valence-corrected chi connectivity index (χ1v) is 8.49. The van der Waals surface area contributed by atoms with Gasteiger partial charge < -0.3 is 14.4 Å². The number of hydrogen-bond donors (Lipinski definition) is 0. The van der Waals surface area contributed by atoms with Crippen LogP contribution in [0.5, 0.6) is 0 Å². The Kier molecular flexibility index (Phi) is 4.61. The smallest absolute Gasteiger partial charge is 0.242 e. The molecular formula is C19H23N3O3. The second-order valence-corrected chi connectivity index (χ2v) is 6.67. The predicted molar refractivity (Wildman–Crippen MR) is 96.4 cm³/mol. The van der Waals surface area contributed by atoms with Gasteiger partial charge in [0.15, 0.2) is 5.43 Å². The first kappa shape index (κ1) is 17.2. The van der Waals surface area contributed by atoms with E-state index in [1.807, 2.05) is 29.7 Å². The van der Waals surface area contributed by atoms with Crippen LogP contribution in [0.3, 0.4) is 0 Å². The van der Waals surface area contributed by atoms with Gasteiger partial charge in [-0.2, -0.15) is 0 Å². The molecule has 0 bridgehead atoms. The highest BCUT2D eigenvalue weighted by Crippen LogP contribution is 2.17. The summed E-state index contributed by atoms with van der Waals surface area (Å²) in [5.74, 6) is 0.0258. The molecule has 0 aliphatic carbocycles. The molecule has 1 saturated heterocycles. The Morgan fingerprint density at radius 3 is 2.72 bits per heavy atom. The average molecular weight is 341 g/mol. The lowest BCUT2D eigenvalue weighted by molar-refractivity contribution is -0.133. The minimum absolute atomic E-state index is 0.0105. The number of rotatable bonds is 3. The van der Waals surface area contributed by atoms with Crippen molar-refractivity contribution in [1.29, 1.82) is 0 Å². The van der Waals surface area contributed by atoms with E-state index in [9.17, 15) is 14.4 Å². The monoisotopic (exact) mass is 341 g/mol. The quantitative estimate of drug-likeness (QED) is 0.847. The van der Waals surface area contributed by atoms with E-state index in [-0.39, 0.29) is 29.8 Å². The molecular weight excluding hydrogens is 318 g/mol. The van der Waals surface area contributed by atoms with Crippen LogP contribution >= 0.6 is 0 Å². The molecule has 0 N–H and O–H groups in total. The van der Waals surface area contributed by atoms with Gasteiger partial charge in [-0.3, -0.25) is 14.4 Å². The highest BCUT2D eigenvalue weighted by molar-refractivity contribution is 5.83. The minimum Gasteiger partial charge on any atom is -0.341 e. The Balaban J connectivity index is 1.82. The molecule has 2 aromatic rings. The van der Waals surface area contributed by atoms with Crippen LogP contribution in [0.4, 0.5) is 0 Å². The zero-order valence-electron chi connectivity index (χ0n) is 14.9. The fourth-order valence-corrected chi connectivity index (χ4v) is 3.44. The van der Waals surface area contributed by atoms with Crippen LogP contribution in [0.1, 0.15) is 19.0 Å². The molecule has 1 unspecified atom stereocenters. The molecule has 25 heavy (non-hydrogen) atoms. The van der Waals surface area contributed by atoms with Gasteiger partial charge in [0.2, 0.25) is 11.8 Å². The highest BCUT2D eigenvalue weighted by atomic mass is 16.2. The number of likely N-dealkylation sites (tertiary alicyclic amines) is 1. The highest BCUT2D eigenvalue weighted by Gasteiger charge is 2.30. The fourth-order valence-electron chi connectivity index (χ4n) is 3.44. The molecule has 2 heterocycles. The molecule has 1 aliphatic heterocycles. The number of amides is 2. The molecule has 0 spiro atoms. The molecule has 0 radical (unpaired) electrons. The largest absolute Gasteiger partial charge is 0.341 e. The molecule has 1 aromatic heterocycles. The molecule has 2 amide bonds. The van der Waals surface area contributed by atoms with Crippen molar-refractivity contribution in [3.63, 3.8) is 0 Å². The van der Waals surface area contributed by atoms with E-state index in [1.54, 1.807) is 35.9 Å². The SMILES string of the molecule is CC(=O)N(C)C1CCN(C(=O)Cn2c(C)cc(=O)c3ccccc32)C1. The topological polar surface area (TPSA) is 62.6 Å². The zero-order chi connectivity index (χ0) is 18.1. The summed E-state index contributed by atoms with van der Waals surface area (Å²) in [6.45, 7) is 4.80. The van der Waals surface area contributed by atoms with Crippen molar-refractivity contribution in [2.45, 2.75) is 32.9 Å². The van der Waals surface area contributed by atoms with E-state index in [2.05, 4.69) is 0 Å². The van der Waals surface area contributed by atoms with E-state index >= 15 is 0 Å². The third kappa shape index (κ3) is 3.29. The number of aryl methyl sites for hydroxylation is 1. The van der Waals surface area contributed by atoms with Crippen molar-refractivity contribution in [3.8, 4) is 0 Å². The number of carbonyl (C=O) groups is 2. The van der Waals surface area contributed by atoms with Crippen LogP contribution in [-0.2, 0) is 16.1 Å². The van der Waals surface area contributed by atoms with Gasteiger partial charge in [0.05, 0.1) is 11.6 Å². The summed E-state index contributed by atoms with van der Waals surface area (Å²) in [7, 11) is 1.78. The molecule has 132 valence electrons. The summed E-state index contributed by atoms with van der Waals surface area (Å²) in [6.07, 6.45) is 0.797. The van der Waals surface area contributed by atoms with Crippen LogP contribution in [0, 0.1) is 6.92 Å². The molecule has 3 rings (SSSR count). The summed E-state index contributed by atoms with van der Waals surface area (Å²) in [5.41, 5.74) is 1.52. The van der Waals surface area contributed by atoms with Gasteiger partial charge >= 0.3 is 0 Å². The third-order valence-electron chi connectivity index (χ3n) is 5.08. The molecule has 0 saturated carbocycles. The van der Waals surface area contributed by atoms with E-state index in [1.165, 1.54) is 0 Å². The Hall–Kier alpha value is -2.63. The third-order valence-corrected chi connectivity index (χ3v) is 5.08. The Labute approximate surface area is 146 Å². The van der Waals surface area contributed by atoms with Crippen LogP contribution < -0.4 is 5.43 Å². The van der Waals surface area contributed by atoms with E-state index in [4.69, 9.17) is 0 Å². The Morgan fingerprint density at radius 1 is 1.28 bits per heavy atom. The number of para-hydroxylation sites is 1. The number of aromatic nitrogens is 1. The van der Waals surface area contributed by atoms with Gasteiger partial charge in [0, 0.05) is 44.2 Å². The second-order valence-electron chi connectivity index (χ2n) is 6.67. The number of likely N-dealkylation sites (N-methyl/N-ethyl adjacent to an activating group) is 1. The number of carbonyl (C=O) groups excluding carboxylic acids is 2. The van der Waals surface area contributed by atoms with Crippen LogP contribution in [0.25, 0.3) is 10.9 Å². The first-order chi connectivity index (χ1) is 11.9. The average Bonchev–Trinajstić information content (AvgIpc) is 3.07. The van der Waals surface area contributed by atoms with Gasteiger partial charge in [-0.05, 0) is 25.5 Å². The molecule has 1 aliphatic rings. The van der Waals surface area contributed by atoms with E-state index < -0.39 is 0 Å². The number of fused-ring (bicyclic) bond motifs is 1. The number of nitrogens with zero attached hydrogens (tertiary/aromatic N) is 3. The maximum atomic E-state index is 12.8. The van der Waals surface area contributed by atoms with Crippen molar-refractivity contribution >= 4 is 22.7 Å². The molecule has 1 aromatic carbocycles. The van der Waals surface area contributed by atoms with Gasteiger partial charge in [-0.15, -0.1) is 0 Å². The summed E-state index contributed by atoms with van der Waals surface area (Å²) >= 11 is 0. The molecule has 1 atom stereocenters. The van der Waals surface area contributed by atoms with Gasteiger partial charge in [-0.25, -0.2) is 0 Å². The van der Waals surface area contributed by atoms with Crippen LogP contribution in [0.15, 0.2) is 35.1 Å². The Morgan fingerprint density at radius 2 is 2.00 bits per heavy atom. The summed E-state index contributed by atoms with van der Waals surface area (Å²) in [4.78, 5) is 39.9. The lowest BCUT2D eigenvalue weighted by Gasteiger charge is -2.24. The summed E-state index contributed by atoms with van der Waals surface area (Å²) in [5, 5.41) is 0.622. The first-order valence-electron chi connectivity index (χ1n) is 8.49. The van der Waals surface area contributed by atoms with Crippen molar-refractivity contribution in [1.82, 2.24) is 14.4 Å². The maximum absolute atomic E-state index is 12.8. The lowest BCUT2D eigenvalue weighted by atomic mass is 10.2. The number of pyridine rings is 1. The standard InChI is InChI=1S/C19H23N3O3/c1-13-10-18(24)16-6-4-5-7-17(16)22(13)12-19(25)21-9-8-15(11-21)20(3)14(2)23/h4-7,10,15H,8-9,11-12H2,1-3H3. The van der Waals surface area contributed by atoms with Crippen molar-refractivity contribution in [3.05, 3.63) is 46.2 Å². The number of benzene rings is 1. The predicted octanol–water partition coefficient (Wildman–Crippen LogP) is 1.39. The molecule has 6 nitrogen and oxygen atoms in total. The maximum Gasteiger partial charge on any atom is 0.242 e. The van der Waals surface area contributed by atoms with Crippen LogP contribution in [0.2, 0.25) is 0 Å². The van der Waals surface area contributed by atoms with Crippen LogP contribution in [-0.4, -0.2) is 52.4 Å². The van der Waals surface area contributed by atoms with Crippen molar-refractivity contribution in [2.75, 3.05) is 20.1 Å². The Bertz CT molecular complexity index is 887. The lowest BCUT2D eigenvalue weighted by Crippen LogP contribution is -2.39. The molecule has 6 heteroatoms. The van der Waals surface area contributed by atoms with Crippen molar-refractivity contribution < 1.29 is 9.59 Å². The zero-order valence-corrected chi connectivity index (χ0v) is 14.9. The van der Waals surface area contributed by atoms with Crippen molar-refractivity contribution in [2.24, 2.45) is 0 Å². The van der Waals surface area contributed by atoms with Gasteiger partial charge in [0.1, 0.15) is 6.54 Å². The molecule has 1 fully saturated rings. The minimum atomic E-state index is -0.0267. The number of hydrogen-bond acceptors (Lipinski definition) is 3. The normalized spacial score (nSPS) is 17.1.